The predicted molar refractivity (Wildman–Crippen MR) is 116 cm³/mol. The lowest BCUT2D eigenvalue weighted by Gasteiger charge is -2.14. The Balaban J connectivity index is 1.81. The van der Waals surface area contributed by atoms with Gasteiger partial charge in [-0.15, -0.1) is 0 Å². The van der Waals surface area contributed by atoms with Crippen molar-refractivity contribution in [1.29, 1.82) is 0 Å². The molecule has 0 aliphatic rings. The minimum Gasteiger partial charge on any atom is -0.493 e. The van der Waals surface area contributed by atoms with Gasteiger partial charge < -0.3 is 14.2 Å². The number of rotatable bonds is 6. The Morgan fingerprint density at radius 1 is 0.839 bits per heavy atom. The van der Waals surface area contributed by atoms with Crippen LogP contribution in [0.5, 0.6) is 17.2 Å². The minimum absolute atomic E-state index is 0.0269. The standard InChI is InChI=1S/C24H20N2O5/c1-29-19-13-8-14-20(30-2)22(19)31-24(28)21-17-11-6-7-12-18(17)23(27)26(25-21)15-16-9-4-3-5-10-16/h3-14H,15H2,1-2H3. The molecular formula is C24H20N2O5. The van der Waals surface area contributed by atoms with E-state index in [1.807, 2.05) is 30.3 Å². The topological polar surface area (TPSA) is 79.7 Å². The summed E-state index contributed by atoms with van der Waals surface area (Å²) in [5, 5.41) is 5.15. The summed E-state index contributed by atoms with van der Waals surface area (Å²) in [5.41, 5.74) is 0.628. The van der Waals surface area contributed by atoms with Crippen molar-refractivity contribution in [3.8, 4) is 17.2 Å². The van der Waals surface area contributed by atoms with E-state index in [1.54, 1.807) is 42.5 Å². The first-order valence-corrected chi connectivity index (χ1v) is 9.59. The molecule has 0 saturated heterocycles. The van der Waals surface area contributed by atoms with E-state index in [-0.39, 0.29) is 23.5 Å². The highest BCUT2D eigenvalue weighted by Crippen LogP contribution is 2.37. The third-order valence-electron chi connectivity index (χ3n) is 4.81. The van der Waals surface area contributed by atoms with Crippen molar-refractivity contribution >= 4 is 16.7 Å². The average Bonchev–Trinajstić information content (AvgIpc) is 2.81. The normalized spacial score (nSPS) is 10.6. The lowest BCUT2D eigenvalue weighted by atomic mass is 10.1. The summed E-state index contributed by atoms with van der Waals surface area (Å²) in [6, 6.07) is 21.3. The maximum Gasteiger partial charge on any atom is 0.365 e. The van der Waals surface area contributed by atoms with E-state index in [1.165, 1.54) is 18.9 Å². The summed E-state index contributed by atoms with van der Waals surface area (Å²) in [5.74, 6) is 0.106. The van der Waals surface area contributed by atoms with Gasteiger partial charge in [0.15, 0.2) is 17.2 Å². The fourth-order valence-electron chi connectivity index (χ4n) is 3.31. The van der Waals surface area contributed by atoms with Crippen LogP contribution in [0.1, 0.15) is 16.1 Å². The van der Waals surface area contributed by atoms with Crippen molar-refractivity contribution in [2.75, 3.05) is 14.2 Å². The molecule has 3 aromatic carbocycles. The van der Waals surface area contributed by atoms with Gasteiger partial charge in [0.1, 0.15) is 0 Å². The molecule has 4 rings (SSSR count). The van der Waals surface area contributed by atoms with Crippen LogP contribution in [-0.2, 0) is 6.54 Å². The summed E-state index contributed by atoms with van der Waals surface area (Å²) in [4.78, 5) is 26.1. The number of hydrogen-bond acceptors (Lipinski definition) is 6. The first-order valence-electron chi connectivity index (χ1n) is 9.59. The van der Waals surface area contributed by atoms with Crippen LogP contribution in [0.4, 0.5) is 0 Å². The zero-order valence-electron chi connectivity index (χ0n) is 17.1. The average molecular weight is 416 g/mol. The number of carbonyl (C=O) groups excluding carboxylic acids is 1. The quantitative estimate of drug-likeness (QED) is 0.352. The molecule has 7 heteroatoms. The minimum atomic E-state index is -0.721. The van der Waals surface area contributed by atoms with Gasteiger partial charge in [0, 0.05) is 5.39 Å². The smallest absolute Gasteiger partial charge is 0.365 e. The third kappa shape index (κ3) is 3.98. The van der Waals surface area contributed by atoms with Crippen LogP contribution in [0.2, 0.25) is 0 Å². The summed E-state index contributed by atoms with van der Waals surface area (Å²) in [7, 11) is 2.94. The second kappa shape index (κ2) is 8.71. The molecule has 31 heavy (non-hydrogen) atoms. The number of benzene rings is 3. The van der Waals surface area contributed by atoms with E-state index >= 15 is 0 Å². The fourth-order valence-corrected chi connectivity index (χ4v) is 3.31. The van der Waals surface area contributed by atoms with Crippen LogP contribution in [0.3, 0.4) is 0 Å². The van der Waals surface area contributed by atoms with Crippen molar-refractivity contribution in [2.24, 2.45) is 0 Å². The zero-order valence-corrected chi connectivity index (χ0v) is 17.1. The van der Waals surface area contributed by atoms with Crippen molar-refractivity contribution in [2.45, 2.75) is 6.54 Å². The van der Waals surface area contributed by atoms with Crippen molar-refractivity contribution in [3.05, 3.63) is 94.4 Å². The van der Waals surface area contributed by atoms with E-state index in [4.69, 9.17) is 14.2 Å². The number of carbonyl (C=O) groups is 1. The molecule has 1 heterocycles. The van der Waals surface area contributed by atoms with Gasteiger partial charge in [-0.3, -0.25) is 4.79 Å². The number of para-hydroxylation sites is 1. The van der Waals surface area contributed by atoms with E-state index in [0.29, 0.717) is 22.3 Å². The van der Waals surface area contributed by atoms with Gasteiger partial charge in [-0.05, 0) is 23.8 Å². The highest BCUT2D eigenvalue weighted by atomic mass is 16.6. The summed E-state index contributed by atoms with van der Waals surface area (Å²) < 4.78 is 17.5. The molecule has 0 spiro atoms. The summed E-state index contributed by atoms with van der Waals surface area (Å²) in [6.07, 6.45) is 0. The second-order valence-corrected chi connectivity index (χ2v) is 6.72. The number of ether oxygens (including phenoxy) is 3. The van der Waals surface area contributed by atoms with Gasteiger partial charge in [-0.1, -0.05) is 54.6 Å². The Morgan fingerprint density at radius 2 is 1.45 bits per heavy atom. The van der Waals surface area contributed by atoms with Gasteiger partial charge in [0.05, 0.1) is 26.2 Å². The van der Waals surface area contributed by atoms with Crippen LogP contribution in [0.15, 0.2) is 77.6 Å². The Morgan fingerprint density at radius 3 is 2.10 bits per heavy atom. The van der Waals surface area contributed by atoms with E-state index in [0.717, 1.165) is 5.56 Å². The Kier molecular flexibility index (Phi) is 5.66. The van der Waals surface area contributed by atoms with E-state index < -0.39 is 5.97 Å². The number of fused-ring (bicyclic) bond motifs is 1. The molecular weight excluding hydrogens is 396 g/mol. The number of aromatic nitrogens is 2. The van der Waals surface area contributed by atoms with Crippen LogP contribution in [0, 0.1) is 0 Å². The molecule has 1 aromatic heterocycles. The van der Waals surface area contributed by atoms with Gasteiger partial charge in [-0.25, -0.2) is 9.48 Å². The maximum absolute atomic E-state index is 13.2. The van der Waals surface area contributed by atoms with Crippen LogP contribution >= 0.6 is 0 Å². The monoisotopic (exact) mass is 416 g/mol. The zero-order chi connectivity index (χ0) is 21.8. The highest BCUT2D eigenvalue weighted by molar-refractivity contribution is 6.03. The van der Waals surface area contributed by atoms with Crippen molar-refractivity contribution < 1.29 is 19.0 Å². The first-order chi connectivity index (χ1) is 15.1. The van der Waals surface area contributed by atoms with Gasteiger partial charge >= 0.3 is 5.97 Å². The molecule has 0 fully saturated rings. The van der Waals surface area contributed by atoms with Gasteiger partial charge in [0.25, 0.3) is 5.56 Å². The van der Waals surface area contributed by atoms with Crippen LogP contribution in [0.25, 0.3) is 10.8 Å². The molecule has 4 aromatic rings. The Hall–Kier alpha value is -4.13. The molecule has 0 aliphatic heterocycles. The molecule has 0 unspecified atom stereocenters. The second-order valence-electron chi connectivity index (χ2n) is 6.72. The van der Waals surface area contributed by atoms with Crippen LogP contribution < -0.4 is 19.8 Å². The summed E-state index contributed by atoms with van der Waals surface area (Å²) in [6.45, 7) is 0.225. The SMILES string of the molecule is COc1cccc(OC)c1OC(=O)c1nn(Cc2ccccc2)c(=O)c2ccccc12. The lowest BCUT2D eigenvalue weighted by Crippen LogP contribution is -2.27. The molecule has 156 valence electrons. The molecule has 0 aliphatic carbocycles. The molecule has 0 bridgehead atoms. The number of esters is 1. The molecule has 0 atom stereocenters. The summed E-state index contributed by atoms with van der Waals surface area (Å²) >= 11 is 0. The molecule has 0 amide bonds. The fraction of sp³-hybridized carbons (Fsp3) is 0.125. The Bertz CT molecular complexity index is 1280. The predicted octanol–water partition coefficient (Wildman–Crippen LogP) is 3.68. The highest BCUT2D eigenvalue weighted by Gasteiger charge is 2.22. The van der Waals surface area contributed by atoms with E-state index in [2.05, 4.69) is 5.10 Å². The maximum atomic E-state index is 13.2. The molecule has 7 nitrogen and oxygen atoms in total. The van der Waals surface area contributed by atoms with Crippen molar-refractivity contribution in [3.63, 3.8) is 0 Å². The molecule has 0 radical (unpaired) electrons. The lowest BCUT2D eigenvalue weighted by molar-refractivity contribution is 0.0717. The van der Waals surface area contributed by atoms with E-state index in [9.17, 15) is 9.59 Å². The number of hydrogen-bond donors (Lipinski definition) is 0. The number of nitrogens with zero attached hydrogens (tertiary/aromatic N) is 2. The molecule has 0 N–H and O–H groups in total. The van der Waals surface area contributed by atoms with Gasteiger partial charge in [0.2, 0.25) is 5.75 Å². The van der Waals surface area contributed by atoms with Crippen molar-refractivity contribution in [1.82, 2.24) is 9.78 Å². The van der Waals surface area contributed by atoms with Gasteiger partial charge in [-0.2, -0.15) is 5.10 Å². The van der Waals surface area contributed by atoms with Crippen LogP contribution in [-0.4, -0.2) is 30.0 Å². The largest absolute Gasteiger partial charge is 0.493 e. The first kappa shape index (κ1) is 20.2. The number of methoxy groups -OCH3 is 2. The molecule has 0 saturated carbocycles. The third-order valence-corrected chi connectivity index (χ3v) is 4.81. The Labute approximate surface area is 178 Å².